The van der Waals surface area contributed by atoms with Crippen molar-refractivity contribution in [3.05, 3.63) is 0 Å². The highest BCUT2D eigenvalue weighted by Gasteiger charge is 2.37. The molecule has 1 rings (SSSR count). The van der Waals surface area contributed by atoms with Crippen molar-refractivity contribution in [1.82, 2.24) is 5.32 Å². The first-order chi connectivity index (χ1) is 6.72. The van der Waals surface area contributed by atoms with E-state index in [-0.39, 0.29) is 11.3 Å². The topological polar surface area (TPSA) is 78.9 Å². The van der Waals surface area contributed by atoms with E-state index >= 15 is 0 Å². The Morgan fingerprint density at radius 1 is 1.57 bits per heavy atom. The van der Waals surface area contributed by atoms with Gasteiger partial charge in [0.25, 0.3) is 0 Å². The average Bonchev–Trinajstić information content (AvgIpc) is 2.12. The Labute approximate surface area is 84.5 Å². The number of nitrogens with two attached hydrogens (primary N) is 1. The maximum absolute atomic E-state index is 11.4. The van der Waals surface area contributed by atoms with E-state index in [0.29, 0.717) is 25.9 Å². The summed E-state index contributed by atoms with van der Waals surface area (Å²) >= 11 is 0. The molecule has 0 heterocycles. The number of nitriles is 1. The molecule has 1 amide bonds. The van der Waals surface area contributed by atoms with Gasteiger partial charge in [-0.2, -0.15) is 5.26 Å². The van der Waals surface area contributed by atoms with E-state index in [9.17, 15) is 4.79 Å². The number of nitrogens with zero attached hydrogens (tertiary/aromatic N) is 1. The smallest absolute Gasteiger partial charge is 0.220 e. The van der Waals surface area contributed by atoms with Gasteiger partial charge in [-0.1, -0.05) is 6.42 Å². The fourth-order valence-corrected chi connectivity index (χ4v) is 1.79. The molecule has 0 atom stereocenters. The third kappa shape index (κ3) is 2.71. The zero-order chi connectivity index (χ0) is 10.4. The summed E-state index contributed by atoms with van der Waals surface area (Å²) in [6, 6.07) is 1.99. The van der Waals surface area contributed by atoms with Gasteiger partial charge >= 0.3 is 0 Å². The van der Waals surface area contributed by atoms with Gasteiger partial charge in [0, 0.05) is 13.0 Å². The fourth-order valence-electron chi connectivity index (χ4n) is 1.79. The Kier molecular flexibility index (Phi) is 3.90. The van der Waals surface area contributed by atoms with Crippen molar-refractivity contribution in [3.8, 4) is 6.07 Å². The summed E-state index contributed by atoms with van der Waals surface area (Å²) in [6.07, 6.45) is 4.21. The summed E-state index contributed by atoms with van der Waals surface area (Å²) in [5, 5.41) is 11.0. The van der Waals surface area contributed by atoms with Crippen molar-refractivity contribution >= 4 is 5.91 Å². The molecule has 0 aliphatic heterocycles. The molecule has 0 spiro atoms. The second kappa shape index (κ2) is 4.97. The number of rotatable bonds is 5. The number of carbonyl (C=O) groups is 1. The molecular formula is C10H17N3O. The molecule has 4 nitrogen and oxygen atoms in total. The summed E-state index contributed by atoms with van der Waals surface area (Å²) in [5.41, 5.74) is 5.71. The predicted molar refractivity (Wildman–Crippen MR) is 53.2 cm³/mol. The second-order valence-electron chi connectivity index (χ2n) is 3.99. The minimum atomic E-state index is 0.0328. The summed E-state index contributed by atoms with van der Waals surface area (Å²) in [5.74, 6) is 0.0328. The van der Waals surface area contributed by atoms with Gasteiger partial charge < -0.3 is 11.1 Å². The van der Waals surface area contributed by atoms with Crippen LogP contribution in [0.4, 0.5) is 0 Å². The summed E-state index contributed by atoms with van der Waals surface area (Å²) in [4.78, 5) is 11.4. The maximum atomic E-state index is 11.4. The van der Waals surface area contributed by atoms with E-state index in [1.54, 1.807) is 0 Å². The van der Waals surface area contributed by atoms with Crippen molar-refractivity contribution in [1.29, 1.82) is 5.26 Å². The molecule has 3 N–H and O–H groups in total. The van der Waals surface area contributed by atoms with E-state index in [2.05, 4.69) is 5.32 Å². The average molecular weight is 195 g/mol. The maximum Gasteiger partial charge on any atom is 0.220 e. The molecule has 1 aliphatic carbocycles. The molecule has 1 aliphatic rings. The minimum absolute atomic E-state index is 0.0328. The van der Waals surface area contributed by atoms with Crippen LogP contribution < -0.4 is 11.1 Å². The monoisotopic (exact) mass is 195 g/mol. The molecule has 1 saturated carbocycles. The van der Waals surface area contributed by atoms with Crippen LogP contribution in [0.2, 0.25) is 0 Å². The first-order valence-corrected chi connectivity index (χ1v) is 5.06. The van der Waals surface area contributed by atoms with Gasteiger partial charge in [-0.05, 0) is 24.8 Å². The molecular weight excluding hydrogens is 178 g/mol. The molecule has 0 unspecified atom stereocenters. The molecule has 0 bridgehead atoms. The van der Waals surface area contributed by atoms with E-state index in [1.807, 2.05) is 6.07 Å². The minimum Gasteiger partial charge on any atom is -0.355 e. The van der Waals surface area contributed by atoms with Crippen molar-refractivity contribution < 1.29 is 4.79 Å². The van der Waals surface area contributed by atoms with E-state index in [4.69, 9.17) is 11.0 Å². The van der Waals surface area contributed by atoms with E-state index in [0.717, 1.165) is 12.8 Å². The molecule has 0 aromatic rings. The van der Waals surface area contributed by atoms with Crippen LogP contribution in [0, 0.1) is 16.7 Å². The Morgan fingerprint density at radius 3 is 2.71 bits per heavy atom. The van der Waals surface area contributed by atoms with Crippen LogP contribution >= 0.6 is 0 Å². The van der Waals surface area contributed by atoms with Gasteiger partial charge in [0.05, 0.1) is 12.5 Å². The van der Waals surface area contributed by atoms with Crippen molar-refractivity contribution in [3.63, 3.8) is 0 Å². The molecule has 0 radical (unpaired) electrons. The zero-order valence-corrected chi connectivity index (χ0v) is 8.38. The fraction of sp³-hybridized carbons (Fsp3) is 0.800. The standard InChI is InChI=1S/C10H17N3O/c11-5-2-6-13-9(14)7-10(8-12)3-1-4-10/h1-4,6-8,12H2,(H,13,14). The molecule has 0 aromatic carbocycles. The van der Waals surface area contributed by atoms with Gasteiger partial charge in [-0.3, -0.25) is 4.79 Å². The van der Waals surface area contributed by atoms with Gasteiger partial charge in [0.1, 0.15) is 0 Å². The number of amides is 1. The summed E-state index contributed by atoms with van der Waals surface area (Å²) < 4.78 is 0. The van der Waals surface area contributed by atoms with Gasteiger partial charge in [-0.15, -0.1) is 0 Å². The van der Waals surface area contributed by atoms with Crippen molar-refractivity contribution in [2.45, 2.75) is 32.1 Å². The lowest BCUT2D eigenvalue weighted by Crippen LogP contribution is -2.42. The lowest BCUT2D eigenvalue weighted by atomic mass is 9.66. The second-order valence-corrected chi connectivity index (χ2v) is 3.99. The summed E-state index contributed by atoms with van der Waals surface area (Å²) in [7, 11) is 0. The Morgan fingerprint density at radius 2 is 2.29 bits per heavy atom. The molecule has 1 fully saturated rings. The van der Waals surface area contributed by atoms with Crippen LogP contribution in [0.25, 0.3) is 0 Å². The van der Waals surface area contributed by atoms with Crippen LogP contribution in [0.3, 0.4) is 0 Å². The molecule has 0 saturated heterocycles. The van der Waals surface area contributed by atoms with Crippen molar-refractivity contribution in [2.75, 3.05) is 13.1 Å². The van der Waals surface area contributed by atoms with Gasteiger partial charge in [0.15, 0.2) is 0 Å². The number of hydrogen-bond donors (Lipinski definition) is 2. The number of hydrogen-bond acceptors (Lipinski definition) is 3. The largest absolute Gasteiger partial charge is 0.355 e. The highest BCUT2D eigenvalue weighted by atomic mass is 16.1. The Bertz CT molecular complexity index is 235. The van der Waals surface area contributed by atoms with Crippen molar-refractivity contribution in [2.24, 2.45) is 11.1 Å². The van der Waals surface area contributed by atoms with Crippen LogP contribution in [0.15, 0.2) is 0 Å². The third-order valence-corrected chi connectivity index (χ3v) is 2.94. The third-order valence-electron chi connectivity index (χ3n) is 2.94. The van der Waals surface area contributed by atoms with Crippen LogP contribution in [0.5, 0.6) is 0 Å². The first-order valence-electron chi connectivity index (χ1n) is 5.06. The highest BCUT2D eigenvalue weighted by molar-refractivity contribution is 5.76. The molecule has 14 heavy (non-hydrogen) atoms. The Hall–Kier alpha value is -1.08. The van der Waals surface area contributed by atoms with Gasteiger partial charge in [-0.25, -0.2) is 0 Å². The normalized spacial score (nSPS) is 18.0. The van der Waals surface area contributed by atoms with E-state index < -0.39 is 0 Å². The van der Waals surface area contributed by atoms with Crippen LogP contribution in [-0.4, -0.2) is 19.0 Å². The predicted octanol–water partition coefficient (Wildman–Crippen LogP) is 0.535. The van der Waals surface area contributed by atoms with E-state index in [1.165, 1.54) is 6.42 Å². The lowest BCUT2D eigenvalue weighted by Gasteiger charge is -2.40. The molecule has 78 valence electrons. The number of carbonyl (C=O) groups excluding carboxylic acids is 1. The number of nitrogens with one attached hydrogen (secondary N) is 1. The Balaban J connectivity index is 2.22. The summed E-state index contributed by atoms with van der Waals surface area (Å²) in [6.45, 7) is 1.05. The SMILES string of the molecule is N#CCCNC(=O)CC1(CN)CCC1. The molecule has 4 heteroatoms. The first kappa shape index (κ1) is 11.0. The van der Waals surface area contributed by atoms with Gasteiger partial charge in [0.2, 0.25) is 5.91 Å². The lowest BCUT2D eigenvalue weighted by molar-refractivity contribution is -0.124. The highest BCUT2D eigenvalue weighted by Crippen LogP contribution is 2.42. The van der Waals surface area contributed by atoms with Crippen LogP contribution in [-0.2, 0) is 4.79 Å². The molecule has 0 aromatic heterocycles. The van der Waals surface area contributed by atoms with Crippen LogP contribution in [0.1, 0.15) is 32.1 Å². The quantitative estimate of drug-likeness (QED) is 0.628. The zero-order valence-electron chi connectivity index (χ0n) is 8.38.